The molecule has 4 aliphatic heterocycles. The molecule has 5 heteroatoms. The first-order valence-corrected chi connectivity index (χ1v) is 8.04. The molecule has 0 aromatic heterocycles. The lowest BCUT2D eigenvalue weighted by Crippen LogP contribution is -2.53. The molecule has 1 aromatic rings. The van der Waals surface area contributed by atoms with Gasteiger partial charge in [-0.25, -0.2) is 4.79 Å². The summed E-state index contributed by atoms with van der Waals surface area (Å²) in [5.74, 6) is 0.580. The van der Waals surface area contributed by atoms with Gasteiger partial charge in [0.05, 0.1) is 0 Å². The molecule has 120 valence electrons. The fourth-order valence-corrected chi connectivity index (χ4v) is 3.90. The lowest BCUT2D eigenvalue weighted by Gasteiger charge is -2.44. The van der Waals surface area contributed by atoms with E-state index in [-0.39, 0.29) is 24.6 Å². The van der Waals surface area contributed by atoms with Crippen molar-refractivity contribution < 1.29 is 9.53 Å². The molecule has 1 unspecified atom stereocenters. The van der Waals surface area contributed by atoms with Gasteiger partial charge in [-0.2, -0.15) is 0 Å². The normalized spacial score (nSPS) is 29.5. The van der Waals surface area contributed by atoms with Crippen LogP contribution in [0.3, 0.4) is 0 Å². The Morgan fingerprint density at radius 2 is 1.82 bits per heavy atom. The minimum atomic E-state index is -0.122. The van der Waals surface area contributed by atoms with E-state index < -0.39 is 0 Å². The van der Waals surface area contributed by atoms with Crippen molar-refractivity contribution in [1.29, 1.82) is 0 Å². The highest BCUT2D eigenvalue weighted by molar-refractivity contribution is 5.85. The van der Waals surface area contributed by atoms with Crippen LogP contribution in [-0.4, -0.2) is 48.2 Å². The SMILES string of the molecule is Cl.O=C(OC1CN2CCC1CC2)N1CCc2ccccc2C1. The van der Waals surface area contributed by atoms with E-state index in [2.05, 4.69) is 23.1 Å². The van der Waals surface area contributed by atoms with Crippen LogP contribution in [0, 0.1) is 5.92 Å². The van der Waals surface area contributed by atoms with Gasteiger partial charge in [-0.1, -0.05) is 24.3 Å². The zero-order chi connectivity index (χ0) is 14.2. The first-order chi connectivity index (χ1) is 10.3. The summed E-state index contributed by atoms with van der Waals surface area (Å²) in [6, 6.07) is 8.38. The van der Waals surface area contributed by atoms with Gasteiger partial charge in [-0.15, -0.1) is 12.4 Å². The van der Waals surface area contributed by atoms with Gasteiger partial charge in [0.25, 0.3) is 0 Å². The van der Waals surface area contributed by atoms with Crippen molar-refractivity contribution in [3.8, 4) is 0 Å². The summed E-state index contributed by atoms with van der Waals surface area (Å²) < 4.78 is 5.83. The van der Waals surface area contributed by atoms with Crippen molar-refractivity contribution in [3.63, 3.8) is 0 Å². The zero-order valence-electron chi connectivity index (χ0n) is 12.7. The predicted molar refractivity (Wildman–Crippen MR) is 87.2 cm³/mol. The monoisotopic (exact) mass is 322 g/mol. The summed E-state index contributed by atoms with van der Waals surface area (Å²) in [7, 11) is 0. The van der Waals surface area contributed by atoms with Crippen LogP contribution in [0.15, 0.2) is 24.3 Å². The molecule has 0 radical (unpaired) electrons. The number of fused-ring (bicyclic) bond motifs is 4. The molecule has 1 aromatic carbocycles. The van der Waals surface area contributed by atoms with Crippen LogP contribution in [0.1, 0.15) is 24.0 Å². The van der Waals surface area contributed by atoms with Crippen molar-refractivity contribution in [2.45, 2.75) is 31.9 Å². The van der Waals surface area contributed by atoms with Crippen LogP contribution in [0.2, 0.25) is 0 Å². The molecule has 4 nitrogen and oxygen atoms in total. The van der Waals surface area contributed by atoms with E-state index >= 15 is 0 Å². The third kappa shape index (κ3) is 2.95. The second-order valence-electron chi connectivity index (χ2n) is 6.50. The van der Waals surface area contributed by atoms with Crippen LogP contribution >= 0.6 is 12.4 Å². The smallest absolute Gasteiger partial charge is 0.410 e. The Kier molecular flexibility index (Phi) is 4.59. The highest BCUT2D eigenvalue weighted by Gasteiger charge is 2.37. The van der Waals surface area contributed by atoms with Crippen molar-refractivity contribution in [1.82, 2.24) is 9.80 Å². The molecule has 4 heterocycles. The summed E-state index contributed by atoms with van der Waals surface area (Å²) >= 11 is 0. The van der Waals surface area contributed by atoms with E-state index in [1.54, 1.807) is 0 Å². The molecule has 0 saturated carbocycles. The summed E-state index contributed by atoms with van der Waals surface area (Å²) in [5.41, 5.74) is 2.62. The number of halogens is 1. The minimum Gasteiger partial charge on any atom is -0.444 e. The maximum Gasteiger partial charge on any atom is 0.410 e. The minimum absolute atomic E-state index is 0. The van der Waals surface area contributed by atoms with Crippen LogP contribution in [0.25, 0.3) is 0 Å². The standard InChI is InChI=1S/C17H22N2O2.ClH/c20-17(21-16-12-18-8-5-14(16)6-9-18)19-10-7-13-3-1-2-4-15(13)11-19;/h1-4,14,16H,5-12H2;1H. The summed E-state index contributed by atoms with van der Waals surface area (Å²) in [4.78, 5) is 16.7. The number of piperidine rings is 3. The van der Waals surface area contributed by atoms with Crippen molar-refractivity contribution >= 4 is 18.5 Å². The Hall–Kier alpha value is -1.26. The highest BCUT2D eigenvalue weighted by Crippen LogP contribution is 2.30. The lowest BCUT2D eigenvalue weighted by molar-refractivity contribution is -0.0446. The van der Waals surface area contributed by atoms with E-state index in [9.17, 15) is 4.79 Å². The molecule has 3 fully saturated rings. The molecule has 4 aliphatic rings. The lowest BCUT2D eigenvalue weighted by atomic mass is 9.86. The van der Waals surface area contributed by atoms with Crippen LogP contribution in [0.5, 0.6) is 0 Å². The summed E-state index contributed by atoms with van der Waals surface area (Å²) in [6.45, 7) is 4.75. The van der Waals surface area contributed by atoms with Gasteiger partial charge in [0.1, 0.15) is 6.10 Å². The maximum absolute atomic E-state index is 12.4. The molecule has 1 atom stereocenters. The van der Waals surface area contributed by atoms with Crippen LogP contribution < -0.4 is 0 Å². The van der Waals surface area contributed by atoms with E-state index in [1.165, 1.54) is 37.1 Å². The second-order valence-corrected chi connectivity index (χ2v) is 6.50. The zero-order valence-corrected chi connectivity index (χ0v) is 13.6. The van der Waals surface area contributed by atoms with Gasteiger partial charge < -0.3 is 9.64 Å². The number of nitrogens with zero attached hydrogens (tertiary/aromatic N) is 2. The van der Waals surface area contributed by atoms with E-state index in [0.717, 1.165) is 19.5 Å². The molecule has 1 amide bonds. The Balaban J connectivity index is 0.00000144. The van der Waals surface area contributed by atoms with E-state index in [0.29, 0.717) is 12.5 Å². The third-order valence-corrected chi connectivity index (χ3v) is 5.24. The van der Waals surface area contributed by atoms with Gasteiger partial charge >= 0.3 is 6.09 Å². The number of carbonyl (C=O) groups is 1. The number of ether oxygens (including phenoxy) is 1. The Morgan fingerprint density at radius 1 is 1.09 bits per heavy atom. The molecular weight excluding hydrogens is 300 g/mol. The summed E-state index contributed by atoms with van der Waals surface area (Å²) in [6.07, 6.45) is 3.29. The third-order valence-electron chi connectivity index (χ3n) is 5.24. The molecule has 5 rings (SSSR count). The number of carbonyl (C=O) groups excluding carboxylic acids is 1. The quantitative estimate of drug-likeness (QED) is 0.797. The largest absolute Gasteiger partial charge is 0.444 e. The molecule has 0 N–H and O–H groups in total. The molecule has 3 saturated heterocycles. The van der Waals surface area contributed by atoms with Crippen molar-refractivity contribution in [2.75, 3.05) is 26.2 Å². The first-order valence-electron chi connectivity index (χ1n) is 8.04. The van der Waals surface area contributed by atoms with E-state index in [4.69, 9.17) is 4.74 Å². The molecule has 0 aliphatic carbocycles. The fraction of sp³-hybridized carbons (Fsp3) is 0.588. The first kappa shape index (κ1) is 15.6. The van der Waals surface area contributed by atoms with Crippen molar-refractivity contribution in [3.05, 3.63) is 35.4 Å². The van der Waals surface area contributed by atoms with Crippen LogP contribution in [-0.2, 0) is 17.7 Å². The Morgan fingerprint density at radius 3 is 2.50 bits per heavy atom. The molecule has 2 bridgehead atoms. The summed E-state index contributed by atoms with van der Waals surface area (Å²) in [5, 5.41) is 0. The number of amides is 1. The fourth-order valence-electron chi connectivity index (χ4n) is 3.90. The van der Waals surface area contributed by atoms with Gasteiger partial charge in [0.2, 0.25) is 0 Å². The maximum atomic E-state index is 12.4. The average molecular weight is 323 g/mol. The Bertz CT molecular complexity index is 543. The molecular formula is C17H23ClN2O2. The molecule has 0 spiro atoms. The van der Waals surface area contributed by atoms with Gasteiger partial charge in [0.15, 0.2) is 0 Å². The highest BCUT2D eigenvalue weighted by atomic mass is 35.5. The van der Waals surface area contributed by atoms with Gasteiger partial charge in [0, 0.05) is 19.6 Å². The average Bonchev–Trinajstić information content (AvgIpc) is 2.55. The molecule has 22 heavy (non-hydrogen) atoms. The Labute approximate surface area is 137 Å². The predicted octanol–water partition coefficient (Wildman–Crippen LogP) is 2.70. The van der Waals surface area contributed by atoms with E-state index in [1.807, 2.05) is 11.0 Å². The van der Waals surface area contributed by atoms with Gasteiger partial charge in [-0.3, -0.25) is 4.90 Å². The van der Waals surface area contributed by atoms with Gasteiger partial charge in [-0.05, 0) is 49.4 Å². The number of rotatable bonds is 1. The van der Waals surface area contributed by atoms with Crippen LogP contribution in [0.4, 0.5) is 4.79 Å². The van der Waals surface area contributed by atoms with Crippen molar-refractivity contribution in [2.24, 2.45) is 5.92 Å². The second kappa shape index (κ2) is 6.47. The number of benzene rings is 1. The topological polar surface area (TPSA) is 32.8 Å². The number of hydrogen-bond acceptors (Lipinski definition) is 3. The number of hydrogen-bond donors (Lipinski definition) is 0.